The summed E-state index contributed by atoms with van der Waals surface area (Å²) in [5.41, 5.74) is 5.01. The van der Waals surface area contributed by atoms with Crippen molar-refractivity contribution in [1.29, 1.82) is 0 Å². The lowest BCUT2D eigenvalue weighted by atomic mass is 9.54. The van der Waals surface area contributed by atoms with Crippen molar-refractivity contribution < 1.29 is 29.2 Å². The van der Waals surface area contributed by atoms with E-state index >= 15 is 0 Å². The largest absolute Gasteiger partial charge is 0.493 e. The van der Waals surface area contributed by atoms with Crippen LogP contribution in [0.15, 0.2) is 24.3 Å². The van der Waals surface area contributed by atoms with Crippen molar-refractivity contribution in [1.82, 2.24) is 9.80 Å². The molecular formula is C31H42N2O6. The molecule has 0 aliphatic carbocycles. The number of aliphatic hydroxyl groups is 2. The Morgan fingerprint density at radius 1 is 0.667 bits per heavy atom. The molecule has 39 heavy (non-hydrogen) atoms. The summed E-state index contributed by atoms with van der Waals surface area (Å²) in [6.07, 6.45) is 3.70. The van der Waals surface area contributed by atoms with Crippen LogP contribution in [0.1, 0.15) is 47.2 Å². The van der Waals surface area contributed by atoms with Crippen LogP contribution in [0.4, 0.5) is 0 Å². The third kappa shape index (κ3) is 4.19. The molecule has 2 fully saturated rings. The number of piperidine rings is 2. The lowest BCUT2D eigenvalue weighted by Gasteiger charge is -2.61. The molecule has 0 bridgehead atoms. The highest BCUT2D eigenvalue weighted by molar-refractivity contribution is 5.51. The van der Waals surface area contributed by atoms with Gasteiger partial charge < -0.3 is 29.2 Å². The summed E-state index contributed by atoms with van der Waals surface area (Å²) in [5, 5.41) is 21.6. The van der Waals surface area contributed by atoms with Gasteiger partial charge in [-0.15, -0.1) is 0 Å². The molecule has 5 atom stereocenters. The van der Waals surface area contributed by atoms with E-state index < -0.39 is 0 Å². The van der Waals surface area contributed by atoms with Gasteiger partial charge >= 0.3 is 0 Å². The van der Waals surface area contributed by atoms with Gasteiger partial charge in [0.05, 0.1) is 28.4 Å². The zero-order valence-corrected chi connectivity index (χ0v) is 23.6. The SMILES string of the molecule is COc1cc2c(cc1OC)[C@H]1CC3(C[C@@H]4c5cc(OC)c(OC)cc5CCN4C[C@@H]3CO)[C@H](CO)CN1CC2. The number of nitrogens with zero attached hydrogens (tertiary/aromatic N) is 2. The van der Waals surface area contributed by atoms with Gasteiger partial charge in [-0.05, 0) is 77.6 Å². The summed E-state index contributed by atoms with van der Waals surface area (Å²) >= 11 is 0. The predicted molar refractivity (Wildman–Crippen MR) is 148 cm³/mol. The normalized spacial score (nSPS) is 30.1. The van der Waals surface area contributed by atoms with Crippen LogP contribution in [-0.2, 0) is 12.8 Å². The van der Waals surface area contributed by atoms with Gasteiger partial charge in [0.1, 0.15) is 0 Å². The molecule has 0 radical (unpaired) electrons. The molecular weight excluding hydrogens is 496 g/mol. The summed E-state index contributed by atoms with van der Waals surface area (Å²) in [6.45, 7) is 3.83. The Morgan fingerprint density at radius 2 is 1.05 bits per heavy atom. The Morgan fingerprint density at radius 3 is 1.41 bits per heavy atom. The monoisotopic (exact) mass is 538 g/mol. The molecule has 212 valence electrons. The molecule has 2 N–H and O–H groups in total. The van der Waals surface area contributed by atoms with Crippen LogP contribution in [0.5, 0.6) is 23.0 Å². The number of fused-ring (bicyclic) bond motifs is 6. The van der Waals surface area contributed by atoms with E-state index in [0.717, 1.165) is 74.9 Å². The molecule has 1 unspecified atom stereocenters. The minimum absolute atomic E-state index is 0.0975. The standard InChI is InChI=1S/C31H42N2O6/c1-36-27-9-19-5-7-32-15-21(17-34)31(13-25(32)23(19)11-29(27)38-3)14-26-24-12-30(39-4)28(37-2)10-20(24)6-8-33(26)16-22(31)18-35/h9-12,21-22,25-26,34-35H,5-8,13-18H2,1-4H3/t21-,22+,25-,26-,31?/m1/s1. The van der Waals surface area contributed by atoms with Crippen molar-refractivity contribution in [2.75, 3.05) is 67.8 Å². The summed E-state index contributed by atoms with van der Waals surface area (Å²) in [5.74, 6) is 3.25. The molecule has 4 heterocycles. The highest BCUT2D eigenvalue weighted by Crippen LogP contribution is 2.59. The highest BCUT2D eigenvalue weighted by Gasteiger charge is 2.56. The van der Waals surface area contributed by atoms with E-state index in [4.69, 9.17) is 18.9 Å². The number of hydrogen-bond acceptors (Lipinski definition) is 8. The predicted octanol–water partition coefficient (Wildman–Crippen LogP) is 3.23. The first kappa shape index (κ1) is 26.7. The van der Waals surface area contributed by atoms with Crippen molar-refractivity contribution >= 4 is 0 Å². The van der Waals surface area contributed by atoms with Crippen LogP contribution < -0.4 is 18.9 Å². The number of aliphatic hydroxyl groups excluding tert-OH is 2. The van der Waals surface area contributed by atoms with Crippen LogP contribution in [0.25, 0.3) is 0 Å². The molecule has 6 rings (SSSR count). The third-order valence-corrected chi connectivity index (χ3v) is 10.4. The molecule has 4 aliphatic heterocycles. The van der Waals surface area contributed by atoms with Crippen molar-refractivity contribution in [2.24, 2.45) is 17.3 Å². The first-order chi connectivity index (χ1) is 19.0. The van der Waals surface area contributed by atoms with Gasteiger partial charge in [0.15, 0.2) is 23.0 Å². The van der Waals surface area contributed by atoms with Gasteiger partial charge in [-0.2, -0.15) is 0 Å². The molecule has 8 heteroatoms. The van der Waals surface area contributed by atoms with Crippen molar-refractivity contribution in [3.63, 3.8) is 0 Å². The van der Waals surface area contributed by atoms with E-state index in [-0.39, 0.29) is 42.5 Å². The van der Waals surface area contributed by atoms with Gasteiger partial charge in [-0.1, -0.05) is 0 Å². The quantitative estimate of drug-likeness (QED) is 0.580. The minimum Gasteiger partial charge on any atom is -0.493 e. The minimum atomic E-state index is -0.199. The average molecular weight is 539 g/mol. The Kier molecular flexibility index (Phi) is 7.16. The summed E-state index contributed by atoms with van der Waals surface area (Å²) in [6, 6.07) is 9.03. The first-order valence-electron chi connectivity index (χ1n) is 14.2. The number of hydrogen-bond donors (Lipinski definition) is 2. The fourth-order valence-electron chi connectivity index (χ4n) is 8.29. The van der Waals surface area contributed by atoms with Gasteiger partial charge in [-0.25, -0.2) is 0 Å². The second kappa shape index (κ2) is 10.5. The zero-order valence-electron chi connectivity index (χ0n) is 23.6. The maximum Gasteiger partial charge on any atom is 0.161 e. The van der Waals surface area contributed by atoms with Crippen LogP contribution in [0, 0.1) is 17.3 Å². The molecule has 2 saturated heterocycles. The molecule has 1 spiro atoms. The zero-order chi connectivity index (χ0) is 27.3. The maximum absolute atomic E-state index is 10.8. The smallest absolute Gasteiger partial charge is 0.161 e. The van der Waals surface area contributed by atoms with Gasteiger partial charge in [0.25, 0.3) is 0 Å². The Balaban J connectivity index is 1.42. The second-order valence-corrected chi connectivity index (χ2v) is 11.7. The van der Waals surface area contributed by atoms with E-state index in [9.17, 15) is 10.2 Å². The summed E-state index contributed by atoms with van der Waals surface area (Å²) < 4.78 is 22.6. The molecule has 0 saturated carbocycles. The van der Waals surface area contributed by atoms with Crippen LogP contribution >= 0.6 is 0 Å². The maximum atomic E-state index is 10.8. The van der Waals surface area contributed by atoms with E-state index in [2.05, 4.69) is 34.1 Å². The van der Waals surface area contributed by atoms with Gasteiger partial charge in [0, 0.05) is 63.3 Å². The molecule has 0 aromatic heterocycles. The molecule has 4 aliphatic rings. The van der Waals surface area contributed by atoms with E-state index in [1.54, 1.807) is 28.4 Å². The lowest BCUT2D eigenvalue weighted by molar-refractivity contribution is -0.135. The molecule has 2 aromatic rings. The summed E-state index contributed by atoms with van der Waals surface area (Å²) in [4.78, 5) is 5.09. The molecule has 0 amide bonds. The Hall–Kier alpha value is -2.52. The summed E-state index contributed by atoms with van der Waals surface area (Å²) in [7, 11) is 6.76. The number of rotatable bonds is 6. The fraction of sp³-hybridized carbons (Fsp3) is 0.613. The number of methoxy groups -OCH3 is 4. The number of ether oxygens (including phenoxy) is 4. The van der Waals surface area contributed by atoms with Gasteiger partial charge in [0.2, 0.25) is 0 Å². The van der Waals surface area contributed by atoms with E-state index in [1.807, 2.05) is 0 Å². The Labute approximate surface area is 231 Å². The van der Waals surface area contributed by atoms with Crippen molar-refractivity contribution in [2.45, 2.75) is 37.8 Å². The molecule has 2 aromatic carbocycles. The average Bonchev–Trinajstić information content (AvgIpc) is 2.98. The fourth-order valence-corrected chi connectivity index (χ4v) is 8.29. The first-order valence-corrected chi connectivity index (χ1v) is 14.2. The highest BCUT2D eigenvalue weighted by atomic mass is 16.5. The Bertz CT molecular complexity index is 1120. The topological polar surface area (TPSA) is 83.9 Å². The van der Waals surface area contributed by atoms with Crippen molar-refractivity contribution in [3.8, 4) is 23.0 Å². The molecule has 8 nitrogen and oxygen atoms in total. The van der Waals surface area contributed by atoms with Crippen LogP contribution in [0.2, 0.25) is 0 Å². The van der Waals surface area contributed by atoms with Gasteiger partial charge in [-0.3, -0.25) is 9.80 Å². The lowest BCUT2D eigenvalue weighted by Crippen LogP contribution is -2.61. The van der Waals surface area contributed by atoms with Crippen LogP contribution in [0.3, 0.4) is 0 Å². The van der Waals surface area contributed by atoms with Crippen LogP contribution in [-0.4, -0.2) is 87.8 Å². The number of benzene rings is 2. The van der Waals surface area contributed by atoms with E-state index in [1.165, 1.54) is 22.3 Å². The van der Waals surface area contributed by atoms with Crippen molar-refractivity contribution in [3.05, 3.63) is 46.5 Å². The third-order valence-electron chi connectivity index (χ3n) is 10.4. The second-order valence-electron chi connectivity index (χ2n) is 11.7. The van der Waals surface area contributed by atoms with E-state index in [0.29, 0.717) is 0 Å².